The Morgan fingerprint density at radius 2 is 2.15 bits per heavy atom. The van der Waals surface area contributed by atoms with Crippen LogP contribution in [-0.2, 0) is 10.5 Å². The third-order valence-electron chi connectivity index (χ3n) is 3.71. The summed E-state index contributed by atoms with van der Waals surface area (Å²) in [6.45, 7) is 1.69. The number of carbonyl (C=O) groups excluding carboxylic acids is 1. The van der Waals surface area contributed by atoms with Crippen LogP contribution < -0.4 is 5.32 Å². The van der Waals surface area contributed by atoms with Gasteiger partial charge < -0.3 is 9.84 Å². The third kappa shape index (κ3) is 5.55. The Bertz CT molecular complexity index is 948. The SMILES string of the molecule is Cc1ccc(-c2noc(CSCCC(=O)Nc3cccc(Cl)c3)n2)cc1F. The van der Waals surface area contributed by atoms with Crippen molar-refractivity contribution >= 4 is 35.0 Å². The molecular formula is C19H17ClFN3O2S. The van der Waals surface area contributed by atoms with Gasteiger partial charge in [0, 0.05) is 28.4 Å². The van der Waals surface area contributed by atoms with Gasteiger partial charge in [-0.1, -0.05) is 35.0 Å². The van der Waals surface area contributed by atoms with Gasteiger partial charge in [0.1, 0.15) is 5.82 Å². The van der Waals surface area contributed by atoms with E-state index in [1.165, 1.54) is 17.8 Å². The Balaban J connectivity index is 1.45. The quantitative estimate of drug-likeness (QED) is 0.554. The second-order valence-corrected chi connectivity index (χ2v) is 7.38. The van der Waals surface area contributed by atoms with Gasteiger partial charge >= 0.3 is 0 Å². The van der Waals surface area contributed by atoms with Crippen molar-refractivity contribution in [1.82, 2.24) is 10.1 Å². The van der Waals surface area contributed by atoms with Crippen LogP contribution in [0.3, 0.4) is 0 Å². The lowest BCUT2D eigenvalue weighted by Gasteiger charge is -2.04. The van der Waals surface area contributed by atoms with Crippen molar-refractivity contribution < 1.29 is 13.7 Å². The summed E-state index contributed by atoms with van der Waals surface area (Å²) < 4.78 is 18.8. The second-order valence-electron chi connectivity index (χ2n) is 5.84. The predicted molar refractivity (Wildman–Crippen MR) is 105 cm³/mol. The molecule has 0 radical (unpaired) electrons. The Hall–Kier alpha value is -2.38. The number of aromatic nitrogens is 2. The van der Waals surface area contributed by atoms with E-state index in [-0.39, 0.29) is 11.7 Å². The van der Waals surface area contributed by atoms with E-state index in [9.17, 15) is 9.18 Å². The van der Waals surface area contributed by atoms with Crippen LogP contribution in [0.25, 0.3) is 11.4 Å². The average molecular weight is 406 g/mol. The molecule has 140 valence electrons. The summed E-state index contributed by atoms with van der Waals surface area (Å²) in [5.41, 5.74) is 1.80. The van der Waals surface area contributed by atoms with Gasteiger partial charge in [-0.15, -0.1) is 0 Å². The molecule has 0 aliphatic carbocycles. The molecule has 3 aromatic rings. The molecule has 0 atom stereocenters. The molecule has 0 aliphatic rings. The highest BCUT2D eigenvalue weighted by molar-refractivity contribution is 7.98. The fourth-order valence-corrected chi connectivity index (χ4v) is 3.23. The lowest BCUT2D eigenvalue weighted by molar-refractivity contribution is -0.115. The molecule has 0 fully saturated rings. The lowest BCUT2D eigenvalue weighted by atomic mass is 10.1. The molecule has 8 heteroatoms. The van der Waals surface area contributed by atoms with E-state index in [0.717, 1.165) is 0 Å². The molecule has 3 rings (SSSR count). The van der Waals surface area contributed by atoms with E-state index in [1.54, 1.807) is 43.3 Å². The first-order valence-corrected chi connectivity index (χ1v) is 9.77. The molecule has 1 heterocycles. The number of nitrogens with one attached hydrogen (secondary N) is 1. The highest BCUT2D eigenvalue weighted by atomic mass is 35.5. The lowest BCUT2D eigenvalue weighted by Crippen LogP contribution is -2.12. The highest BCUT2D eigenvalue weighted by Crippen LogP contribution is 2.21. The predicted octanol–water partition coefficient (Wildman–Crippen LogP) is 5.10. The zero-order valence-electron chi connectivity index (χ0n) is 14.5. The summed E-state index contributed by atoms with van der Waals surface area (Å²) in [6, 6.07) is 11.8. The summed E-state index contributed by atoms with van der Waals surface area (Å²) in [5.74, 6) is 1.47. The number of thioether (sulfide) groups is 1. The van der Waals surface area contributed by atoms with Crippen LogP contribution in [0.15, 0.2) is 47.0 Å². The first-order valence-electron chi connectivity index (χ1n) is 8.23. The standard InChI is InChI=1S/C19H17ClFN3O2S/c1-12-5-6-13(9-16(12)21)19-23-18(26-24-19)11-27-8-7-17(25)22-15-4-2-3-14(20)10-15/h2-6,9-10H,7-8,11H2,1H3,(H,22,25). The van der Waals surface area contributed by atoms with Crippen molar-refractivity contribution in [2.45, 2.75) is 19.1 Å². The fraction of sp³-hybridized carbons (Fsp3) is 0.211. The number of benzene rings is 2. The highest BCUT2D eigenvalue weighted by Gasteiger charge is 2.11. The molecule has 0 saturated carbocycles. The second kappa shape index (κ2) is 9.01. The molecule has 2 aromatic carbocycles. The molecule has 0 bridgehead atoms. The Kier molecular flexibility index (Phi) is 6.47. The third-order valence-corrected chi connectivity index (χ3v) is 4.88. The largest absolute Gasteiger partial charge is 0.338 e. The van der Waals surface area contributed by atoms with Gasteiger partial charge in [-0.3, -0.25) is 4.79 Å². The summed E-state index contributed by atoms with van der Waals surface area (Å²) in [7, 11) is 0. The Morgan fingerprint density at radius 3 is 2.93 bits per heavy atom. The molecular weight excluding hydrogens is 389 g/mol. The summed E-state index contributed by atoms with van der Waals surface area (Å²) in [5, 5.41) is 7.24. The minimum absolute atomic E-state index is 0.0916. The van der Waals surface area contributed by atoms with Crippen molar-refractivity contribution in [3.63, 3.8) is 0 Å². The van der Waals surface area contributed by atoms with E-state index in [1.807, 2.05) is 0 Å². The molecule has 0 unspecified atom stereocenters. The summed E-state index contributed by atoms with van der Waals surface area (Å²) in [4.78, 5) is 16.2. The van der Waals surface area contributed by atoms with Crippen LogP contribution in [0, 0.1) is 12.7 Å². The topological polar surface area (TPSA) is 68.0 Å². The molecule has 1 aromatic heterocycles. The number of nitrogens with zero attached hydrogens (tertiary/aromatic N) is 2. The van der Waals surface area contributed by atoms with Crippen molar-refractivity contribution in [3.8, 4) is 11.4 Å². The van der Waals surface area contributed by atoms with Gasteiger partial charge in [-0.25, -0.2) is 4.39 Å². The van der Waals surface area contributed by atoms with Gasteiger partial charge in [-0.2, -0.15) is 16.7 Å². The molecule has 1 amide bonds. The summed E-state index contributed by atoms with van der Waals surface area (Å²) in [6.07, 6.45) is 0.349. The van der Waals surface area contributed by atoms with Crippen molar-refractivity contribution in [3.05, 3.63) is 64.8 Å². The Morgan fingerprint density at radius 1 is 1.30 bits per heavy atom. The van der Waals surface area contributed by atoms with Gasteiger partial charge in [0.15, 0.2) is 0 Å². The number of hydrogen-bond donors (Lipinski definition) is 1. The van der Waals surface area contributed by atoms with Gasteiger partial charge in [0.05, 0.1) is 5.75 Å². The minimum atomic E-state index is -0.307. The fourth-order valence-electron chi connectivity index (χ4n) is 2.28. The summed E-state index contributed by atoms with van der Waals surface area (Å²) >= 11 is 7.39. The Labute approximate surface area is 165 Å². The maximum absolute atomic E-state index is 13.6. The number of anilines is 1. The monoisotopic (exact) mass is 405 g/mol. The van der Waals surface area contributed by atoms with Crippen molar-refractivity contribution in [2.24, 2.45) is 0 Å². The van der Waals surface area contributed by atoms with E-state index < -0.39 is 0 Å². The molecule has 0 spiro atoms. The van der Waals surface area contributed by atoms with Crippen LogP contribution >= 0.6 is 23.4 Å². The number of halogens is 2. The van der Waals surface area contributed by atoms with Crippen molar-refractivity contribution in [2.75, 3.05) is 11.1 Å². The van der Waals surface area contributed by atoms with Crippen LogP contribution in [0.5, 0.6) is 0 Å². The van der Waals surface area contributed by atoms with E-state index >= 15 is 0 Å². The number of aryl methyl sites for hydroxylation is 1. The van der Waals surface area contributed by atoms with Gasteiger partial charge in [-0.05, 0) is 36.8 Å². The number of amides is 1. The van der Waals surface area contributed by atoms with Crippen LogP contribution in [0.4, 0.5) is 10.1 Å². The first-order chi connectivity index (χ1) is 13.0. The molecule has 0 saturated heterocycles. The van der Waals surface area contributed by atoms with Gasteiger partial charge in [0.25, 0.3) is 0 Å². The first kappa shape index (κ1) is 19.4. The zero-order valence-corrected chi connectivity index (χ0v) is 16.1. The van der Waals surface area contributed by atoms with Crippen LogP contribution in [0.2, 0.25) is 5.02 Å². The van der Waals surface area contributed by atoms with Crippen molar-refractivity contribution in [1.29, 1.82) is 0 Å². The maximum atomic E-state index is 13.6. The average Bonchev–Trinajstić information content (AvgIpc) is 3.10. The number of carbonyl (C=O) groups is 1. The normalized spacial score (nSPS) is 10.8. The van der Waals surface area contributed by atoms with Gasteiger partial charge in [0.2, 0.25) is 17.6 Å². The molecule has 27 heavy (non-hydrogen) atoms. The van der Waals surface area contributed by atoms with E-state index in [4.69, 9.17) is 16.1 Å². The minimum Gasteiger partial charge on any atom is -0.338 e. The maximum Gasteiger partial charge on any atom is 0.236 e. The number of hydrogen-bond acceptors (Lipinski definition) is 5. The van der Waals surface area contributed by atoms with E-state index in [2.05, 4.69) is 15.5 Å². The van der Waals surface area contributed by atoms with Crippen LogP contribution in [0.1, 0.15) is 17.9 Å². The molecule has 5 nitrogen and oxygen atoms in total. The van der Waals surface area contributed by atoms with E-state index in [0.29, 0.717) is 51.5 Å². The number of rotatable bonds is 7. The smallest absolute Gasteiger partial charge is 0.236 e. The molecule has 1 N–H and O–H groups in total. The van der Waals surface area contributed by atoms with Crippen LogP contribution in [-0.4, -0.2) is 21.8 Å². The zero-order chi connectivity index (χ0) is 19.2. The molecule has 0 aliphatic heterocycles.